The number of thiophene rings is 1. The summed E-state index contributed by atoms with van der Waals surface area (Å²) < 4.78 is 33.7. The molecule has 3 aromatic rings. The zero-order valence-electron chi connectivity index (χ0n) is 20.0. The first kappa shape index (κ1) is 26.5. The topological polar surface area (TPSA) is 78.0 Å². The Morgan fingerprint density at radius 2 is 1.97 bits per heavy atom. The number of thioether (sulfide) groups is 1. The molecule has 2 aliphatic heterocycles. The highest BCUT2D eigenvalue weighted by Crippen LogP contribution is 2.34. The summed E-state index contributed by atoms with van der Waals surface area (Å²) in [6.07, 6.45) is 1.66. The molecular formula is C24H31ClN4O3S3. The van der Waals surface area contributed by atoms with Crippen molar-refractivity contribution in [2.75, 3.05) is 37.5 Å². The molecule has 2 aliphatic rings. The van der Waals surface area contributed by atoms with Crippen LogP contribution in [0.2, 0.25) is 0 Å². The third-order valence-electron chi connectivity index (χ3n) is 6.29. The fourth-order valence-electron chi connectivity index (χ4n) is 4.70. The number of anilines is 1. The number of para-hydroxylation sites is 1. The van der Waals surface area contributed by atoms with Gasteiger partial charge in [-0.1, -0.05) is 30.0 Å². The lowest BCUT2D eigenvalue weighted by Crippen LogP contribution is -2.46. The molecule has 35 heavy (non-hydrogen) atoms. The van der Waals surface area contributed by atoms with E-state index in [1.807, 2.05) is 30.0 Å². The van der Waals surface area contributed by atoms with E-state index in [2.05, 4.69) is 29.8 Å². The summed E-state index contributed by atoms with van der Waals surface area (Å²) in [7, 11) is -2.00. The van der Waals surface area contributed by atoms with E-state index < -0.39 is 10.0 Å². The van der Waals surface area contributed by atoms with E-state index in [1.54, 1.807) is 24.6 Å². The molecular weight excluding hydrogens is 524 g/mol. The summed E-state index contributed by atoms with van der Waals surface area (Å²) >= 11 is 3.04. The molecule has 2 aromatic heterocycles. The SMILES string of the molecule is C[C@@H]1CN(CCC2CN=C(c3cc4cccc(N(C)S(=O)(=O)c5cccs5)c4[nH]3)S2)C[C@H](C)O1.Cl. The average Bonchev–Trinajstić information content (AvgIpc) is 3.56. The van der Waals surface area contributed by atoms with Gasteiger partial charge in [-0.3, -0.25) is 14.2 Å². The number of hydrogen-bond donors (Lipinski definition) is 1. The molecule has 1 fully saturated rings. The number of morpholine rings is 1. The third kappa shape index (κ3) is 5.57. The summed E-state index contributed by atoms with van der Waals surface area (Å²) in [6, 6.07) is 11.2. The minimum Gasteiger partial charge on any atom is -0.373 e. The Labute approximate surface area is 221 Å². The van der Waals surface area contributed by atoms with Gasteiger partial charge in [0.05, 0.1) is 35.7 Å². The predicted molar refractivity (Wildman–Crippen MR) is 149 cm³/mol. The Bertz CT molecular complexity index is 1280. The van der Waals surface area contributed by atoms with Crippen molar-refractivity contribution in [1.82, 2.24) is 9.88 Å². The molecule has 1 N–H and O–H groups in total. The van der Waals surface area contributed by atoms with E-state index in [4.69, 9.17) is 9.73 Å². The number of benzene rings is 1. The summed E-state index contributed by atoms with van der Waals surface area (Å²) in [4.78, 5) is 10.8. The van der Waals surface area contributed by atoms with Crippen molar-refractivity contribution in [3.05, 3.63) is 47.5 Å². The Hall–Kier alpha value is -1.56. The highest BCUT2D eigenvalue weighted by molar-refractivity contribution is 8.15. The van der Waals surface area contributed by atoms with E-state index in [-0.39, 0.29) is 24.6 Å². The zero-order chi connectivity index (χ0) is 23.9. The van der Waals surface area contributed by atoms with E-state index in [9.17, 15) is 8.42 Å². The number of sulfonamides is 1. The molecule has 0 saturated carbocycles. The van der Waals surface area contributed by atoms with E-state index in [0.29, 0.717) is 15.1 Å². The summed E-state index contributed by atoms with van der Waals surface area (Å²) in [5, 5.41) is 4.21. The quantitative estimate of drug-likeness (QED) is 0.452. The van der Waals surface area contributed by atoms with Crippen LogP contribution >= 0.6 is 35.5 Å². The molecule has 190 valence electrons. The van der Waals surface area contributed by atoms with Crippen LogP contribution < -0.4 is 4.31 Å². The summed E-state index contributed by atoms with van der Waals surface area (Å²) in [6.45, 7) is 8.12. The zero-order valence-corrected chi connectivity index (χ0v) is 23.3. The maximum absolute atomic E-state index is 13.1. The van der Waals surface area contributed by atoms with E-state index >= 15 is 0 Å². The molecule has 0 radical (unpaired) electrons. The van der Waals surface area contributed by atoms with Gasteiger partial charge in [-0.05, 0) is 50.4 Å². The first-order valence-electron chi connectivity index (χ1n) is 11.5. The maximum Gasteiger partial charge on any atom is 0.273 e. The molecule has 5 rings (SSSR count). The van der Waals surface area contributed by atoms with Crippen LogP contribution in [0.5, 0.6) is 0 Å². The second-order valence-corrected chi connectivity index (χ2v) is 13.5. The second kappa shape index (κ2) is 10.8. The van der Waals surface area contributed by atoms with Gasteiger partial charge in [-0.25, -0.2) is 8.42 Å². The van der Waals surface area contributed by atoms with E-state index in [0.717, 1.165) is 54.2 Å². The van der Waals surface area contributed by atoms with Gasteiger partial charge in [-0.2, -0.15) is 0 Å². The van der Waals surface area contributed by atoms with Crippen LogP contribution in [0.15, 0.2) is 51.0 Å². The van der Waals surface area contributed by atoms with Crippen molar-refractivity contribution in [3.8, 4) is 0 Å². The molecule has 1 unspecified atom stereocenters. The molecule has 1 aromatic carbocycles. The highest BCUT2D eigenvalue weighted by atomic mass is 35.5. The van der Waals surface area contributed by atoms with Gasteiger partial charge in [0.2, 0.25) is 0 Å². The second-order valence-electron chi connectivity index (χ2n) is 9.02. The monoisotopic (exact) mass is 554 g/mol. The summed E-state index contributed by atoms with van der Waals surface area (Å²) in [5.41, 5.74) is 2.39. The van der Waals surface area contributed by atoms with Crippen LogP contribution in [0.25, 0.3) is 10.9 Å². The van der Waals surface area contributed by atoms with Gasteiger partial charge < -0.3 is 9.72 Å². The lowest BCUT2D eigenvalue weighted by Gasteiger charge is -2.35. The molecule has 0 aliphatic carbocycles. The number of fused-ring (bicyclic) bond motifs is 1. The lowest BCUT2D eigenvalue weighted by atomic mass is 10.2. The van der Waals surface area contributed by atoms with Gasteiger partial charge >= 0.3 is 0 Å². The van der Waals surface area contributed by atoms with Crippen LogP contribution in [-0.4, -0.2) is 74.0 Å². The molecule has 0 amide bonds. The number of rotatable bonds is 7. The number of hydrogen-bond acceptors (Lipinski definition) is 7. The van der Waals surface area contributed by atoms with Crippen molar-refractivity contribution in [3.63, 3.8) is 0 Å². The first-order chi connectivity index (χ1) is 16.3. The van der Waals surface area contributed by atoms with Crippen LogP contribution in [0.3, 0.4) is 0 Å². The van der Waals surface area contributed by atoms with Crippen LogP contribution in [0.4, 0.5) is 5.69 Å². The number of aromatic nitrogens is 1. The third-order valence-corrected chi connectivity index (χ3v) is 10.7. The fraction of sp³-hybridized carbons (Fsp3) is 0.458. The Balaban J connectivity index is 0.00000289. The van der Waals surface area contributed by atoms with Crippen molar-refractivity contribution in [2.45, 2.75) is 41.9 Å². The number of aliphatic imine (C=N–C) groups is 1. The van der Waals surface area contributed by atoms with Gasteiger partial charge in [0.15, 0.2) is 0 Å². The number of nitrogens with zero attached hydrogens (tertiary/aromatic N) is 3. The Kier molecular flexibility index (Phi) is 8.19. The number of H-pyrrole nitrogens is 1. The highest BCUT2D eigenvalue weighted by Gasteiger charge is 2.27. The average molecular weight is 555 g/mol. The Morgan fingerprint density at radius 3 is 2.69 bits per heavy atom. The number of nitrogens with one attached hydrogen (secondary N) is 1. The minimum atomic E-state index is -3.60. The van der Waals surface area contributed by atoms with Gasteiger partial charge in [0.1, 0.15) is 9.25 Å². The van der Waals surface area contributed by atoms with Crippen molar-refractivity contribution < 1.29 is 13.2 Å². The summed E-state index contributed by atoms with van der Waals surface area (Å²) in [5.74, 6) is 0. The predicted octanol–water partition coefficient (Wildman–Crippen LogP) is 4.84. The van der Waals surface area contributed by atoms with Crippen LogP contribution in [-0.2, 0) is 14.8 Å². The maximum atomic E-state index is 13.1. The largest absolute Gasteiger partial charge is 0.373 e. The molecule has 0 bridgehead atoms. The standard InChI is InChI=1S/C24H30N4O3S3.ClH/c1-16-14-28(15-17(2)31-16)10-9-19-13-25-24(33-19)20-12-18-6-4-7-21(23(18)26-20)27(3)34(29,30)22-8-5-11-32-22;/h4-8,11-12,16-17,19,26H,9-10,13-15H2,1-3H3;1H/t16-,17+,19?;. The van der Waals surface area contributed by atoms with Gasteiger partial charge in [0.25, 0.3) is 10.0 Å². The number of aromatic amines is 1. The van der Waals surface area contributed by atoms with Crippen LogP contribution in [0, 0.1) is 0 Å². The lowest BCUT2D eigenvalue weighted by molar-refractivity contribution is -0.0680. The van der Waals surface area contributed by atoms with Crippen molar-refractivity contribution in [2.24, 2.45) is 4.99 Å². The smallest absolute Gasteiger partial charge is 0.273 e. The molecule has 0 spiro atoms. The van der Waals surface area contributed by atoms with Gasteiger partial charge in [-0.15, -0.1) is 23.7 Å². The Morgan fingerprint density at radius 1 is 1.20 bits per heavy atom. The number of ether oxygens (including phenoxy) is 1. The van der Waals surface area contributed by atoms with Crippen molar-refractivity contribution >= 4 is 67.2 Å². The minimum absolute atomic E-state index is 0. The van der Waals surface area contributed by atoms with Gasteiger partial charge in [0, 0.05) is 30.8 Å². The fourth-order valence-corrected chi connectivity index (χ4v) is 8.14. The first-order valence-corrected chi connectivity index (χ1v) is 14.7. The molecule has 11 heteroatoms. The normalized spacial score (nSPS) is 23.3. The number of halogens is 1. The molecule has 3 atom stereocenters. The molecule has 7 nitrogen and oxygen atoms in total. The van der Waals surface area contributed by atoms with Crippen molar-refractivity contribution in [1.29, 1.82) is 0 Å². The van der Waals surface area contributed by atoms with Crippen LogP contribution in [0.1, 0.15) is 26.0 Å². The molecule has 4 heterocycles. The van der Waals surface area contributed by atoms with E-state index in [1.165, 1.54) is 15.6 Å². The molecule has 1 saturated heterocycles.